The quantitative estimate of drug-likeness (QED) is 0.747. The minimum Gasteiger partial charge on any atom is -0.353 e. The molecule has 1 aromatic rings. The van der Waals surface area contributed by atoms with E-state index in [4.69, 9.17) is 0 Å². The van der Waals surface area contributed by atoms with Gasteiger partial charge in [0, 0.05) is 18.8 Å². The molecule has 0 aliphatic carbocycles. The Morgan fingerprint density at radius 3 is 2.75 bits per heavy atom. The predicted octanol–water partition coefficient (Wildman–Crippen LogP) is 3.22. The van der Waals surface area contributed by atoms with Crippen molar-refractivity contribution < 1.29 is 0 Å². The van der Waals surface area contributed by atoms with Crippen LogP contribution in [0.1, 0.15) is 32.9 Å². The molecule has 0 aliphatic heterocycles. The van der Waals surface area contributed by atoms with Crippen molar-refractivity contribution >= 4 is 5.95 Å². The largest absolute Gasteiger partial charge is 0.353 e. The molecule has 1 N–H and O–H groups in total. The van der Waals surface area contributed by atoms with Gasteiger partial charge in [-0.1, -0.05) is 26.8 Å². The first-order chi connectivity index (χ1) is 7.58. The Morgan fingerprint density at radius 2 is 2.25 bits per heavy atom. The SMILES string of the molecule is C=CCn1cc(C)nc1NC(CC)C(C)C. The van der Waals surface area contributed by atoms with Crippen LogP contribution in [0.25, 0.3) is 0 Å². The summed E-state index contributed by atoms with van der Waals surface area (Å²) in [6.45, 7) is 13.2. The molecule has 1 heterocycles. The van der Waals surface area contributed by atoms with Crippen LogP contribution in [0.15, 0.2) is 18.9 Å². The number of nitrogens with one attached hydrogen (secondary N) is 1. The highest BCUT2D eigenvalue weighted by Crippen LogP contribution is 2.15. The minimum atomic E-state index is 0.477. The normalized spacial score (nSPS) is 12.8. The summed E-state index contributed by atoms with van der Waals surface area (Å²) in [5, 5.41) is 3.51. The van der Waals surface area contributed by atoms with E-state index in [2.05, 4.69) is 48.4 Å². The third-order valence-corrected chi connectivity index (χ3v) is 2.78. The van der Waals surface area contributed by atoms with Gasteiger partial charge in [0.1, 0.15) is 0 Å². The molecule has 0 spiro atoms. The Hall–Kier alpha value is -1.25. The van der Waals surface area contributed by atoms with Crippen molar-refractivity contribution in [3.8, 4) is 0 Å². The number of anilines is 1. The average molecular weight is 221 g/mol. The molecule has 16 heavy (non-hydrogen) atoms. The molecule has 0 fully saturated rings. The summed E-state index contributed by atoms with van der Waals surface area (Å²) in [4.78, 5) is 4.50. The lowest BCUT2D eigenvalue weighted by Crippen LogP contribution is -2.26. The molecule has 0 saturated heterocycles. The van der Waals surface area contributed by atoms with Crippen molar-refractivity contribution in [1.82, 2.24) is 9.55 Å². The van der Waals surface area contributed by atoms with Crippen LogP contribution in [0.2, 0.25) is 0 Å². The standard InChI is InChI=1S/C13H23N3/c1-6-8-16-9-11(5)14-13(16)15-12(7-2)10(3)4/h6,9-10,12H,1,7-8H2,2-5H3,(H,14,15). The van der Waals surface area contributed by atoms with Crippen molar-refractivity contribution in [3.63, 3.8) is 0 Å². The molecule has 0 radical (unpaired) electrons. The van der Waals surface area contributed by atoms with Gasteiger partial charge < -0.3 is 9.88 Å². The summed E-state index contributed by atoms with van der Waals surface area (Å²) in [5.74, 6) is 1.57. The molecule has 3 heteroatoms. The summed E-state index contributed by atoms with van der Waals surface area (Å²) in [5.41, 5.74) is 1.04. The molecule has 1 rings (SSSR count). The lowest BCUT2D eigenvalue weighted by Gasteiger charge is -2.21. The zero-order chi connectivity index (χ0) is 12.1. The third-order valence-electron chi connectivity index (χ3n) is 2.78. The number of hydrogen-bond acceptors (Lipinski definition) is 2. The van der Waals surface area contributed by atoms with Crippen LogP contribution in [-0.2, 0) is 6.54 Å². The number of imidazole rings is 1. The van der Waals surface area contributed by atoms with Gasteiger partial charge in [-0.2, -0.15) is 0 Å². The second-order valence-corrected chi connectivity index (χ2v) is 4.55. The molecule has 1 atom stereocenters. The summed E-state index contributed by atoms with van der Waals surface area (Å²) in [6.07, 6.45) is 5.05. The fourth-order valence-corrected chi connectivity index (χ4v) is 1.85. The van der Waals surface area contributed by atoms with E-state index in [-0.39, 0.29) is 0 Å². The molecule has 0 bridgehead atoms. The van der Waals surface area contributed by atoms with Crippen LogP contribution in [0, 0.1) is 12.8 Å². The van der Waals surface area contributed by atoms with Gasteiger partial charge in [-0.15, -0.1) is 6.58 Å². The Bertz CT molecular complexity index is 339. The maximum Gasteiger partial charge on any atom is 0.203 e. The number of nitrogens with zero attached hydrogens (tertiary/aromatic N) is 2. The Balaban J connectivity index is 2.81. The van der Waals surface area contributed by atoms with Crippen molar-refractivity contribution in [2.75, 3.05) is 5.32 Å². The van der Waals surface area contributed by atoms with E-state index in [9.17, 15) is 0 Å². The molecule has 90 valence electrons. The van der Waals surface area contributed by atoms with Crippen molar-refractivity contribution in [2.24, 2.45) is 5.92 Å². The number of allylic oxidation sites excluding steroid dienone is 1. The van der Waals surface area contributed by atoms with E-state index in [1.807, 2.05) is 13.0 Å². The monoisotopic (exact) mass is 221 g/mol. The molecular formula is C13H23N3. The fourth-order valence-electron chi connectivity index (χ4n) is 1.85. The molecule has 0 aromatic carbocycles. The first-order valence-electron chi connectivity index (χ1n) is 5.99. The van der Waals surface area contributed by atoms with Crippen LogP contribution in [-0.4, -0.2) is 15.6 Å². The van der Waals surface area contributed by atoms with Gasteiger partial charge in [0.05, 0.1) is 5.69 Å². The first-order valence-corrected chi connectivity index (χ1v) is 5.99. The lowest BCUT2D eigenvalue weighted by molar-refractivity contribution is 0.505. The van der Waals surface area contributed by atoms with Crippen molar-refractivity contribution in [1.29, 1.82) is 0 Å². The molecule has 0 aliphatic rings. The zero-order valence-electron chi connectivity index (χ0n) is 10.8. The van der Waals surface area contributed by atoms with Gasteiger partial charge in [-0.3, -0.25) is 0 Å². The highest BCUT2D eigenvalue weighted by molar-refractivity contribution is 5.30. The number of rotatable bonds is 6. The van der Waals surface area contributed by atoms with Gasteiger partial charge >= 0.3 is 0 Å². The highest BCUT2D eigenvalue weighted by Gasteiger charge is 2.13. The third kappa shape index (κ3) is 3.12. The Kier molecular flexibility index (Phi) is 4.59. The first kappa shape index (κ1) is 12.8. The maximum absolute atomic E-state index is 4.50. The van der Waals surface area contributed by atoms with Crippen LogP contribution >= 0.6 is 0 Å². The van der Waals surface area contributed by atoms with E-state index in [1.165, 1.54) is 0 Å². The number of aryl methyl sites for hydroxylation is 1. The smallest absolute Gasteiger partial charge is 0.203 e. The van der Waals surface area contributed by atoms with E-state index in [1.54, 1.807) is 0 Å². The molecule has 1 unspecified atom stereocenters. The van der Waals surface area contributed by atoms with Crippen molar-refractivity contribution in [2.45, 2.75) is 46.7 Å². The maximum atomic E-state index is 4.50. The van der Waals surface area contributed by atoms with Gasteiger partial charge in [0.2, 0.25) is 5.95 Å². The van der Waals surface area contributed by atoms with Crippen LogP contribution < -0.4 is 5.32 Å². The second kappa shape index (κ2) is 5.73. The highest BCUT2D eigenvalue weighted by atomic mass is 15.2. The van der Waals surface area contributed by atoms with Gasteiger partial charge in [-0.25, -0.2) is 4.98 Å². The van der Waals surface area contributed by atoms with E-state index >= 15 is 0 Å². The van der Waals surface area contributed by atoms with Gasteiger partial charge in [0.25, 0.3) is 0 Å². The zero-order valence-corrected chi connectivity index (χ0v) is 10.8. The predicted molar refractivity (Wildman–Crippen MR) is 69.7 cm³/mol. The lowest BCUT2D eigenvalue weighted by atomic mass is 10.0. The second-order valence-electron chi connectivity index (χ2n) is 4.55. The Labute approximate surface area is 98.6 Å². The summed E-state index contributed by atoms with van der Waals surface area (Å²) in [6, 6.07) is 0.477. The molecule has 3 nitrogen and oxygen atoms in total. The number of hydrogen-bond donors (Lipinski definition) is 1. The topological polar surface area (TPSA) is 29.9 Å². The van der Waals surface area contributed by atoms with E-state index in [0.29, 0.717) is 12.0 Å². The minimum absolute atomic E-state index is 0.477. The summed E-state index contributed by atoms with van der Waals surface area (Å²) in [7, 11) is 0. The van der Waals surface area contributed by atoms with Crippen molar-refractivity contribution in [3.05, 3.63) is 24.5 Å². The van der Waals surface area contributed by atoms with Crippen LogP contribution in [0.4, 0.5) is 5.95 Å². The number of aromatic nitrogens is 2. The molecule has 1 aromatic heterocycles. The van der Waals surface area contributed by atoms with E-state index < -0.39 is 0 Å². The van der Waals surface area contributed by atoms with Gasteiger partial charge in [0.15, 0.2) is 0 Å². The molecule has 0 saturated carbocycles. The Morgan fingerprint density at radius 1 is 1.56 bits per heavy atom. The fraction of sp³-hybridized carbons (Fsp3) is 0.615. The van der Waals surface area contributed by atoms with Crippen LogP contribution in [0.3, 0.4) is 0 Å². The average Bonchev–Trinajstić information content (AvgIpc) is 2.55. The molecular weight excluding hydrogens is 198 g/mol. The summed E-state index contributed by atoms with van der Waals surface area (Å²) < 4.78 is 2.10. The molecule has 0 amide bonds. The summed E-state index contributed by atoms with van der Waals surface area (Å²) >= 11 is 0. The van der Waals surface area contributed by atoms with Crippen LogP contribution in [0.5, 0.6) is 0 Å². The van der Waals surface area contributed by atoms with E-state index in [0.717, 1.165) is 24.6 Å². The van der Waals surface area contributed by atoms with Gasteiger partial charge in [-0.05, 0) is 19.3 Å².